The highest BCUT2D eigenvalue weighted by Gasteiger charge is 2.32. The Bertz CT molecular complexity index is 849. The number of benzene rings is 1. The number of hydrogen-bond acceptors (Lipinski definition) is 5. The lowest BCUT2D eigenvalue weighted by Gasteiger charge is -2.10. The molecule has 7 heteroatoms. The third-order valence-corrected chi connectivity index (χ3v) is 4.55. The third kappa shape index (κ3) is 2.05. The van der Waals surface area contributed by atoms with E-state index < -0.39 is 0 Å². The monoisotopic (exact) mass is 305 g/mol. The minimum atomic E-state index is -0.187. The molecule has 0 unspecified atom stereocenters. The van der Waals surface area contributed by atoms with Crippen LogP contribution < -0.4 is 6.15 Å². The number of aromatic nitrogens is 3. The summed E-state index contributed by atoms with van der Waals surface area (Å²) in [5.74, 6) is 0.822. The predicted octanol–water partition coefficient (Wildman–Crippen LogP) is 3.13. The van der Waals surface area contributed by atoms with Crippen molar-refractivity contribution < 1.29 is 4.39 Å². The Hall–Kier alpha value is -1.83. The van der Waals surface area contributed by atoms with E-state index >= 15 is 0 Å². The number of halogens is 1. The molecule has 0 fully saturated rings. The summed E-state index contributed by atoms with van der Waals surface area (Å²) in [6.07, 6.45) is 0. The van der Waals surface area contributed by atoms with E-state index in [1.54, 1.807) is 11.3 Å². The normalized spacial score (nSPS) is 12.0. The van der Waals surface area contributed by atoms with Gasteiger partial charge in [0.15, 0.2) is 5.82 Å². The van der Waals surface area contributed by atoms with Gasteiger partial charge in [0, 0.05) is 18.2 Å². The molecule has 21 heavy (non-hydrogen) atoms. The fourth-order valence-corrected chi connectivity index (χ4v) is 3.59. The van der Waals surface area contributed by atoms with Gasteiger partial charge in [-0.15, -0.1) is 16.4 Å². The molecule has 3 heterocycles. The largest absolute Gasteiger partial charge is 0.344 e. The molecule has 2 aromatic rings. The lowest BCUT2D eigenvalue weighted by Crippen LogP contribution is -2.11. The number of fused-ring (bicyclic) bond motifs is 2. The molecule has 0 spiro atoms. The molecular formula is C14H16FN5S. The molecule has 5 nitrogen and oxygen atoms in total. The minimum Gasteiger partial charge on any atom is -0.344 e. The van der Waals surface area contributed by atoms with Crippen molar-refractivity contribution in [3.63, 3.8) is 0 Å². The third-order valence-electron chi connectivity index (χ3n) is 3.52. The first-order chi connectivity index (χ1) is 9.54. The number of nitrogens with zero attached hydrogens (tertiary/aromatic N) is 4. The SMILES string of the molecule is Cc1c(-c2nc3cc(F)c(CN(C)C)cc3s2)c2nn1-2.N. The second kappa shape index (κ2) is 4.59. The predicted molar refractivity (Wildman–Crippen MR) is 82.8 cm³/mol. The topological polar surface area (TPSA) is 69.0 Å². The molecule has 0 aliphatic carbocycles. The van der Waals surface area contributed by atoms with Crippen LogP contribution in [-0.2, 0) is 6.54 Å². The minimum absolute atomic E-state index is 0. The first kappa shape index (κ1) is 14.1. The molecule has 2 aliphatic heterocycles. The van der Waals surface area contributed by atoms with Crippen LogP contribution in [0.5, 0.6) is 0 Å². The van der Waals surface area contributed by atoms with Gasteiger partial charge in [0.2, 0.25) is 0 Å². The van der Waals surface area contributed by atoms with E-state index in [2.05, 4.69) is 10.1 Å². The Kier molecular flexibility index (Phi) is 3.09. The summed E-state index contributed by atoms with van der Waals surface area (Å²) in [6, 6.07) is 3.45. The Morgan fingerprint density at radius 1 is 1.33 bits per heavy atom. The average molecular weight is 305 g/mol. The molecule has 2 aliphatic rings. The molecule has 110 valence electrons. The van der Waals surface area contributed by atoms with Gasteiger partial charge in [-0.25, -0.2) is 14.1 Å². The van der Waals surface area contributed by atoms with E-state index in [0.29, 0.717) is 12.1 Å². The Morgan fingerprint density at radius 2 is 2.10 bits per heavy atom. The van der Waals surface area contributed by atoms with Crippen molar-refractivity contribution in [2.75, 3.05) is 14.1 Å². The standard InChI is InChI=1S/C14H13FN4S.H3N/c1-7-12(13-17-19(7)13)14-16-10-5-9(15)8(6-18(2)3)4-11(10)20-14;/h4-5H,6H2,1-3H3;1H3. The molecule has 1 aromatic carbocycles. The lowest BCUT2D eigenvalue weighted by atomic mass is 10.2. The highest BCUT2D eigenvalue weighted by atomic mass is 32.1. The van der Waals surface area contributed by atoms with E-state index in [-0.39, 0.29) is 12.0 Å². The molecular weight excluding hydrogens is 289 g/mol. The van der Waals surface area contributed by atoms with Crippen LogP contribution in [0.3, 0.4) is 0 Å². The van der Waals surface area contributed by atoms with E-state index in [0.717, 1.165) is 32.3 Å². The summed E-state index contributed by atoms with van der Waals surface area (Å²) in [4.78, 5) is 6.50. The van der Waals surface area contributed by atoms with E-state index in [4.69, 9.17) is 0 Å². The van der Waals surface area contributed by atoms with Crippen LogP contribution in [0.2, 0.25) is 0 Å². The molecule has 0 bridgehead atoms. The van der Waals surface area contributed by atoms with Crippen molar-refractivity contribution in [2.24, 2.45) is 0 Å². The second-order valence-electron chi connectivity index (χ2n) is 5.36. The summed E-state index contributed by atoms with van der Waals surface area (Å²) < 4.78 is 17.0. The van der Waals surface area contributed by atoms with Crippen molar-refractivity contribution in [3.05, 3.63) is 29.2 Å². The Labute approximate surface area is 125 Å². The fourth-order valence-electron chi connectivity index (χ4n) is 2.49. The molecule has 0 radical (unpaired) electrons. The maximum atomic E-state index is 14.0. The summed E-state index contributed by atoms with van der Waals surface area (Å²) in [5, 5.41) is 5.15. The maximum absolute atomic E-state index is 14.0. The van der Waals surface area contributed by atoms with Crippen LogP contribution in [0.1, 0.15) is 11.3 Å². The molecule has 4 rings (SSSR count). The summed E-state index contributed by atoms with van der Waals surface area (Å²) in [7, 11) is 3.87. The van der Waals surface area contributed by atoms with Gasteiger partial charge in [0.05, 0.1) is 21.5 Å². The van der Waals surface area contributed by atoms with E-state index in [1.165, 1.54) is 6.07 Å². The van der Waals surface area contributed by atoms with E-state index in [1.807, 2.05) is 36.7 Å². The van der Waals surface area contributed by atoms with E-state index in [9.17, 15) is 4.39 Å². The lowest BCUT2D eigenvalue weighted by molar-refractivity contribution is 0.393. The Balaban J connectivity index is 0.00000132. The van der Waals surface area contributed by atoms with Gasteiger partial charge >= 0.3 is 0 Å². The van der Waals surface area contributed by atoms with Gasteiger partial charge in [-0.1, -0.05) is 0 Å². The van der Waals surface area contributed by atoms with Crippen LogP contribution in [0, 0.1) is 12.7 Å². The van der Waals surface area contributed by atoms with Crippen LogP contribution in [0.4, 0.5) is 4.39 Å². The zero-order valence-corrected chi connectivity index (χ0v) is 13.0. The first-order valence-corrected chi connectivity index (χ1v) is 7.20. The number of hydrogen-bond donors (Lipinski definition) is 1. The molecule has 3 N–H and O–H groups in total. The highest BCUT2D eigenvalue weighted by Crippen LogP contribution is 2.43. The molecule has 1 aromatic heterocycles. The smallest absolute Gasteiger partial charge is 0.186 e. The summed E-state index contributed by atoms with van der Waals surface area (Å²) in [5.41, 5.74) is 3.68. The molecule has 0 amide bonds. The van der Waals surface area contributed by atoms with Crippen molar-refractivity contribution in [2.45, 2.75) is 13.5 Å². The Morgan fingerprint density at radius 3 is 2.71 bits per heavy atom. The van der Waals surface area contributed by atoms with Gasteiger partial charge < -0.3 is 11.1 Å². The molecule has 0 saturated heterocycles. The fraction of sp³-hybridized carbons (Fsp3) is 0.286. The van der Waals surface area contributed by atoms with Crippen molar-refractivity contribution >= 4 is 21.6 Å². The van der Waals surface area contributed by atoms with Crippen LogP contribution in [-0.4, -0.2) is 33.8 Å². The van der Waals surface area contributed by atoms with Crippen LogP contribution >= 0.6 is 11.3 Å². The van der Waals surface area contributed by atoms with Gasteiger partial charge in [-0.3, -0.25) is 0 Å². The van der Waals surface area contributed by atoms with Gasteiger partial charge in [-0.05, 0) is 27.1 Å². The van der Waals surface area contributed by atoms with Gasteiger partial charge in [0.1, 0.15) is 10.8 Å². The summed E-state index contributed by atoms with van der Waals surface area (Å²) >= 11 is 1.60. The quantitative estimate of drug-likeness (QED) is 0.631. The second-order valence-corrected chi connectivity index (χ2v) is 6.39. The average Bonchev–Trinajstić information content (AvgIpc) is 2.96. The zero-order valence-electron chi connectivity index (χ0n) is 12.1. The molecule has 0 atom stereocenters. The number of thiazole rings is 1. The zero-order chi connectivity index (χ0) is 14.0. The summed E-state index contributed by atoms with van der Waals surface area (Å²) in [6.45, 7) is 2.62. The van der Waals surface area contributed by atoms with Crippen molar-refractivity contribution in [1.29, 1.82) is 0 Å². The maximum Gasteiger partial charge on any atom is 0.186 e. The van der Waals surface area contributed by atoms with Gasteiger partial charge in [-0.2, -0.15) is 0 Å². The van der Waals surface area contributed by atoms with Crippen LogP contribution in [0.15, 0.2) is 12.1 Å². The van der Waals surface area contributed by atoms with Gasteiger partial charge in [0.25, 0.3) is 0 Å². The number of rotatable bonds is 3. The molecule has 0 saturated carbocycles. The van der Waals surface area contributed by atoms with Crippen molar-refractivity contribution in [3.8, 4) is 16.4 Å². The first-order valence-electron chi connectivity index (χ1n) is 6.38. The highest BCUT2D eigenvalue weighted by molar-refractivity contribution is 7.21. The van der Waals surface area contributed by atoms with Crippen LogP contribution in [0.25, 0.3) is 26.6 Å². The van der Waals surface area contributed by atoms with Crippen molar-refractivity contribution in [1.82, 2.24) is 25.8 Å².